The molecule has 2 aliphatic rings. The maximum atomic E-state index is 10.6. The summed E-state index contributed by atoms with van der Waals surface area (Å²) in [5.74, 6) is -5.03. The second kappa shape index (κ2) is 13.5. The number of aryl methyl sites for hydroxylation is 2. The summed E-state index contributed by atoms with van der Waals surface area (Å²) in [7, 11) is 0. The van der Waals surface area contributed by atoms with Crippen molar-refractivity contribution < 1.29 is 55.6 Å². The first-order valence-corrected chi connectivity index (χ1v) is 12.3. The van der Waals surface area contributed by atoms with Crippen LogP contribution in [0.2, 0.25) is 0 Å². The third kappa shape index (κ3) is 10.0. The SMILES string of the molecule is Cc1cccc(COCC2CCOC23CN(Cc2scnc2C)C3)n1.O=C(O)C(F)(F)F.O=C(O)C(F)(F)F. The van der Waals surface area contributed by atoms with E-state index in [1.54, 1.807) is 11.3 Å². The minimum Gasteiger partial charge on any atom is -0.475 e. The van der Waals surface area contributed by atoms with Gasteiger partial charge in [0.05, 0.1) is 35.7 Å². The molecule has 0 radical (unpaired) electrons. The van der Waals surface area contributed by atoms with Crippen molar-refractivity contribution in [2.24, 2.45) is 5.92 Å². The summed E-state index contributed by atoms with van der Waals surface area (Å²) in [4.78, 5) is 30.5. The first-order valence-electron chi connectivity index (χ1n) is 11.4. The predicted molar refractivity (Wildman–Crippen MR) is 125 cm³/mol. The Morgan fingerprint density at radius 1 is 1.13 bits per heavy atom. The predicted octanol–water partition coefficient (Wildman–Crippen LogP) is 4.23. The smallest absolute Gasteiger partial charge is 0.475 e. The minimum absolute atomic E-state index is 0.00136. The summed E-state index contributed by atoms with van der Waals surface area (Å²) >= 11 is 1.75. The third-order valence-electron chi connectivity index (χ3n) is 5.79. The van der Waals surface area contributed by atoms with Gasteiger partial charge in [-0.25, -0.2) is 14.6 Å². The van der Waals surface area contributed by atoms with Crippen LogP contribution in [0.25, 0.3) is 0 Å². The molecule has 1 unspecified atom stereocenters. The Bertz CT molecular complexity index is 1080. The molecule has 16 heteroatoms. The third-order valence-corrected chi connectivity index (χ3v) is 6.71. The zero-order valence-electron chi connectivity index (χ0n) is 20.9. The molecular weight excluding hydrogens is 560 g/mol. The number of aliphatic carboxylic acids is 2. The van der Waals surface area contributed by atoms with Gasteiger partial charge in [0, 0.05) is 42.7 Å². The second-order valence-electron chi connectivity index (χ2n) is 8.80. The van der Waals surface area contributed by atoms with Crippen LogP contribution >= 0.6 is 11.3 Å². The van der Waals surface area contributed by atoms with Crippen LogP contribution in [-0.2, 0) is 32.2 Å². The van der Waals surface area contributed by atoms with E-state index in [0.717, 1.165) is 56.4 Å². The summed E-state index contributed by atoms with van der Waals surface area (Å²) in [6.07, 6.45) is -9.07. The molecule has 0 aliphatic carbocycles. The molecule has 2 aromatic heterocycles. The molecule has 2 aliphatic heterocycles. The molecule has 2 saturated heterocycles. The Kier molecular flexibility index (Phi) is 11.2. The van der Waals surface area contributed by atoms with Gasteiger partial charge in [-0.3, -0.25) is 9.88 Å². The zero-order chi connectivity index (χ0) is 29.4. The number of nitrogens with zero attached hydrogens (tertiary/aromatic N) is 3. The number of carboxylic acid groups (broad SMARTS) is 2. The molecule has 2 aromatic rings. The van der Waals surface area contributed by atoms with E-state index >= 15 is 0 Å². The Hall–Kier alpha value is -2.82. The lowest BCUT2D eigenvalue weighted by atomic mass is 9.81. The molecule has 0 saturated carbocycles. The number of aromatic nitrogens is 2. The van der Waals surface area contributed by atoms with Crippen LogP contribution in [0, 0.1) is 19.8 Å². The van der Waals surface area contributed by atoms with Crippen LogP contribution < -0.4 is 0 Å². The van der Waals surface area contributed by atoms with Crippen molar-refractivity contribution in [3.63, 3.8) is 0 Å². The van der Waals surface area contributed by atoms with Gasteiger partial charge in [0.15, 0.2) is 0 Å². The molecule has 0 bridgehead atoms. The average molecular weight is 588 g/mol. The van der Waals surface area contributed by atoms with Crippen LogP contribution in [0.1, 0.15) is 28.4 Å². The van der Waals surface area contributed by atoms with Gasteiger partial charge in [0.25, 0.3) is 0 Å². The number of hydrogen-bond acceptors (Lipinski definition) is 8. The molecule has 0 amide bonds. The largest absolute Gasteiger partial charge is 0.490 e. The van der Waals surface area contributed by atoms with Crippen molar-refractivity contribution >= 4 is 23.3 Å². The highest BCUT2D eigenvalue weighted by Gasteiger charge is 2.53. The fourth-order valence-corrected chi connectivity index (χ4v) is 4.68. The van der Waals surface area contributed by atoms with Crippen LogP contribution in [-0.4, -0.2) is 81.3 Å². The van der Waals surface area contributed by atoms with Gasteiger partial charge in [0.2, 0.25) is 0 Å². The van der Waals surface area contributed by atoms with Crippen LogP contribution in [0.4, 0.5) is 26.3 Å². The number of likely N-dealkylation sites (tertiary alicyclic amines) is 1. The van der Waals surface area contributed by atoms with Crippen LogP contribution in [0.15, 0.2) is 23.7 Å². The molecular formula is C23H27F6N3O6S. The first kappa shape index (κ1) is 32.4. The number of rotatable bonds is 6. The Balaban J connectivity index is 0.000000317. The number of alkyl halides is 6. The fourth-order valence-electron chi connectivity index (χ4n) is 3.86. The molecule has 1 atom stereocenters. The normalized spacial score (nSPS) is 18.4. The van der Waals surface area contributed by atoms with Crippen molar-refractivity contribution in [2.45, 2.75) is 51.4 Å². The number of carbonyl (C=O) groups is 2. The Labute approximate surface area is 223 Å². The van der Waals surface area contributed by atoms with E-state index in [-0.39, 0.29) is 5.60 Å². The lowest BCUT2D eigenvalue weighted by Gasteiger charge is -2.50. The van der Waals surface area contributed by atoms with Gasteiger partial charge < -0.3 is 19.7 Å². The zero-order valence-corrected chi connectivity index (χ0v) is 21.7. The number of thiazole rings is 1. The molecule has 9 nitrogen and oxygen atoms in total. The Morgan fingerprint density at radius 3 is 2.21 bits per heavy atom. The molecule has 39 heavy (non-hydrogen) atoms. The van der Waals surface area contributed by atoms with Crippen molar-refractivity contribution in [1.29, 1.82) is 0 Å². The molecule has 2 N–H and O–H groups in total. The van der Waals surface area contributed by atoms with Gasteiger partial charge in [-0.1, -0.05) is 6.07 Å². The molecule has 0 aromatic carbocycles. The highest BCUT2D eigenvalue weighted by molar-refractivity contribution is 7.09. The van der Waals surface area contributed by atoms with E-state index in [0.29, 0.717) is 12.5 Å². The lowest BCUT2D eigenvalue weighted by molar-refractivity contribution is -0.193. The van der Waals surface area contributed by atoms with Crippen molar-refractivity contribution in [2.75, 3.05) is 26.3 Å². The number of carboxylic acids is 2. The van der Waals surface area contributed by atoms with E-state index in [1.807, 2.05) is 30.6 Å². The van der Waals surface area contributed by atoms with E-state index in [2.05, 4.69) is 21.8 Å². The lowest BCUT2D eigenvalue weighted by Crippen LogP contribution is -2.64. The fraction of sp³-hybridized carbons (Fsp3) is 0.565. The summed E-state index contributed by atoms with van der Waals surface area (Å²) in [6.45, 7) is 9.27. The Morgan fingerprint density at radius 2 is 1.72 bits per heavy atom. The first-order chi connectivity index (χ1) is 18.0. The van der Waals surface area contributed by atoms with Gasteiger partial charge in [-0.15, -0.1) is 11.3 Å². The summed E-state index contributed by atoms with van der Waals surface area (Å²) in [5.41, 5.74) is 5.13. The highest BCUT2D eigenvalue weighted by Crippen LogP contribution is 2.41. The molecule has 4 rings (SSSR count). The van der Waals surface area contributed by atoms with E-state index in [4.69, 9.17) is 29.3 Å². The van der Waals surface area contributed by atoms with Gasteiger partial charge in [-0.05, 0) is 32.4 Å². The number of hydrogen-bond donors (Lipinski definition) is 2. The number of pyridine rings is 1. The minimum atomic E-state index is -5.08. The van der Waals surface area contributed by atoms with Crippen molar-refractivity contribution in [3.8, 4) is 0 Å². The summed E-state index contributed by atoms with van der Waals surface area (Å²) in [5, 5.41) is 14.2. The van der Waals surface area contributed by atoms with Crippen molar-refractivity contribution in [3.05, 3.63) is 45.7 Å². The monoisotopic (exact) mass is 587 g/mol. The van der Waals surface area contributed by atoms with Gasteiger partial charge >= 0.3 is 24.3 Å². The standard InChI is InChI=1S/C19H25N3O2S.2C2HF3O2/c1-14-4-3-5-17(21-14)10-23-9-16-6-7-24-19(16)11-22(12-19)8-18-15(2)20-13-25-18;2*3-2(4,5)1(6)7/h3-5,13,16H,6-12H2,1-2H3;2*(H,6,7). The van der Waals surface area contributed by atoms with Gasteiger partial charge in [-0.2, -0.15) is 26.3 Å². The topological polar surface area (TPSA) is 122 Å². The number of ether oxygens (including phenoxy) is 2. The highest BCUT2D eigenvalue weighted by atomic mass is 32.1. The van der Waals surface area contributed by atoms with E-state index in [1.165, 1.54) is 4.88 Å². The van der Waals surface area contributed by atoms with Crippen LogP contribution in [0.5, 0.6) is 0 Å². The van der Waals surface area contributed by atoms with Gasteiger partial charge in [0.1, 0.15) is 0 Å². The summed E-state index contributed by atoms with van der Waals surface area (Å²) < 4.78 is 75.6. The molecule has 218 valence electrons. The molecule has 2 fully saturated rings. The molecule has 1 spiro atoms. The number of halogens is 6. The maximum Gasteiger partial charge on any atom is 0.490 e. The molecule has 4 heterocycles. The van der Waals surface area contributed by atoms with E-state index < -0.39 is 24.3 Å². The average Bonchev–Trinajstić information content (AvgIpc) is 3.39. The summed E-state index contributed by atoms with van der Waals surface area (Å²) in [6, 6.07) is 6.07. The maximum absolute atomic E-state index is 10.6. The second-order valence-corrected chi connectivity index (χ2v) is 9.74. The quantitative estimate of drug-likeness (QED) is 0.478. The van der Waals surface area contributed by atoms with Crippen LogP contribution in [0.3, 0.4) is 0 Å². The van der Waals surface area contributed by atoms with E-state index in [9.17, 15) is 26.3 Å². The van der Waals surface area contributed by atoms with Crippen molar-refractivity contribution in [1.82, 2.24) is 14.9 Å².